The van der Waals surface area contributed by atoms with Crippen LogP contribution in [0.15, 0.2) is 22.7 Å². The zero-order valence-corrected chi connectivity index (χ0v) is 19.4. The lowest BCUT2D eigenvalue weighted by molar-refractivity contribution is -0.148. The Labute approximate surface area is 203 Å². The molecular weight excluding hydrogens is 485 g/mol. The number of alkyl halides is 3. The average molecular weight is 507 g/mol. The molecule has 35 heavy (non-hydrogen) atoms. The van der Waals surface area contributed by atoms with Crippen molar-refractivity contribution in [2.45, 2.75) is 38.0 Å². The molecule has 3 fully saturated rings. The third-order valence-corrected chi connectivity index (χ3v) is 7.42. The minimum absolute atomic E-state index is 0.0483. The second-order valence-electron chi connectivity index (χ2n) is 10.2. The van der Waals surface area contributed by atoms with Crippen molar-refractivity contribution in [2.24, 2.45) is 5.41 Å². The Balaban J connectivity index is 1.11. The van der Waals surface area contributed by atoms with E-state index < -0.39 is 12.7 Å². The SMILES string of the molecule is FC(F)(F)CN1Cc2cc(Cl)ccc2-n2c(nnc2N2CC3(CN(c4noc(C5CC5)n4)C3)C2)C1. The molecule has 0 amide bonds. The van der Waals surface area contributed by atoms with Gasteiger partial charge in [-0.25, -0.2) is 0 Å². The molecule has 3 aliphatic heterocycles. The minimum Gasteiger partial charge on any atom is -0.339 e. The highest BCUT2D eigenvalue weighted by atomic mass is 35.5. The van der Waals surface area contributed by atoms with Crippen molar-refractivity contribution in [1.82, 2.24) is 29.8 Å². The molecule has 184 valence electrons. The van der Waals surface area contributed by atoms with Crippen molar-refractivity contribution in [1.29, 1.82) is 0 Å². The topological polar surface area (TPSA) is 79.4 Å². The number of hydrogen-bond acceptors (Lipinski definition) is 8. The number of benzene rings is 1. The van der Waals surface area contributed by atoms with Crippen molar-refractivity contribution < 1.29 is 17.7 Å². The Morgan fingerprint density at radius 1 is 1.06 bits per heavy atom. The summed E-state index contributed by atoms with van der Waals surface area (Å²) in [5.41, 5.74) is 1.60. The van der Waals surface area contributed by atoms with E-state index in [0.29, 0.717) is 28.7 Å². The summed E-state index contributed by atoms with van der Waals surface area (Å²) in [6.45, 7) is 2.38. The molecule has 0 atom stereocenters. The quantitative estimate of drug-likeness (QED) is 0.533. The van der Waals surface area contributed by atoms with Gasteiger partial charge in [-0.15, -0.1) is 10.2 Å². The highest BCUT2D eigenvalue weighted by Crippen LogP contribution is 2.45. The number of rotatable bonds is 4. The Kier molecular flexibility index (Phi) is 4.48. The van der Waals surface area contributed by atoms with Crippen LogP contribution in [0.5, 0.6) is 0 Å². The molecule has 7 rings (SSSR count). The van der Waals surface area contributed by atoms with Crippen molar-refractivity contribution in [2.75, 3.05) is 42.5 Å². The first kappa shape index (κ1) is 21.4. The summed E-state index contributed by atoms with van der Waals surface area (Å²) in [5, 5.41) is 13.3. The third-order valence-electron chi connectivity index (χ3n) is 7.19. The summed E-state index contributed by atoms with van der Waals surface area (Å²) < 4.78 is 46.8. The van der Waals surface area contributed by atoms with Crippen LogP contribution in [-0.4, -0.2) is 68.7 Å². The van der Waals surface area contributed by atoms with Gasteiger partial charge in [0.2, 0.25) is 11.8 Å². The van der Waals surface area contributed by atoms with Crippen LogP contribution in [-0.2, 0) is 13.1 Å². The van der Waals surface area contributed by atoms with Crippen LogP contribution in [0.3, 0.4) is 0 Å². The van der Waals surface area contributed by atoms with Gasteiger partial charge in [0.05, 0.1) is 18.8 Å². The van der Waals surface area contributed by atoms with E-state index in [9.17, 15) is 13.2 Å². The van der Waals surface area contributed by atoms with Crippen LogP contribution < -0.4 is 9.80 Å². The summed E-state index contributed by atoms with van der Waals surface area (Å²) in [7, 11) is 0. The molecule has 1 aromatic carbocycles. The molecule has 2 saturated heterocycles. The van der Waals surface area contributed by atoms with Crippen LogP contribution in [0.4, 0.5) is 25.1 Å². The van der Waals surface area contributed by atoms with Gasteiger partial charge >= 0.3 is 6.18 Å². The molecule has 2 aromatic heterocycles. The van der Waals surface area contributed by atoms with Gasteiger partial charge in [0.25, 0.3) is 5.95 Å². The maximum absolute atomic E-state index is 13.2. The second-order valence-corrected chi connectivity index (χ2v) is 10.6. The maximum atomic E-state index is 13.2. The number of anilines is 2. The van der Waals surface area contributed by atoms with E-state index in [1.54, 1.807) is 12.1 Å². The molecule has 1 spiro atoms. The molecule has 0 radical (unpaired) electrons. The molecule has 5 heterocycles. The van der Waals surface area contributed by atoms with Gasteiger partial charge in [-0.1, -0.05) is 11.6 Å². The summed E-state index contributed by atoms with van der Waals surface area (Å²) in [5.74, 6) is 2.96. The Hall–Kier alpha value is -2.86. The number of nitrogens with zero attached hydrogens (tertiary/aromatic N) is 8. The second kappa shape index (κ2) is 7.33. The van der Waals surface area contributed by atoms with Gasteiger partial charge in [-0.2, -0.15) is 18.2 Å². The third kappa shape index (κ3) is 3.74. The van der Waals surface area contributed by atoms with Crippen LogP contribution in [0, 0.1) is 5.41 Å². The van der Waals surface area contributed by atoms with Gasteiger partial charge in [-0.3, -0.25) is 9.47 Å². The van der Waals surface area contributed by atoms with Crippen LogP contribution in [0.1, 0.15) is 36.0 Å². The van der Waals surface area contributed by atoms with E-state index in [2.05, 4.69) is 30.1 Å². The summed E-state index contributed by atoms with van der Waals surface area (Å²) in [4.78, 5) is 10.1. The zero-order valence-electron chi connectivity index (χ0n) is 18.7. The average Bonchev–Trinajstić information content (AvgIpc) is 3.37. The zero-order chi connectivity index (χ0) is 23.9. The number of fused-ring (bicyclic) bond motifs is 3. The smallest absolute Gasteiger partial charge is 0.339 e. The van der Waals surface area contributed by atoms with Crippen molar-refractivity contribution in [3.8, 4) is 5.69 Å². The van der Waals surface area contributed by atoms with E-state index >= 15 is 0 Å². The Morgan fingerprint density at radius 3 is 2.57 bits per heavy atom. The lowest BCUT2D eigenvalue weighted by atomic mass is 9.73. The van der Waals surface area contributed by atoms with Gasteiger partial charge in [0, 0.05) is 49.1 Å². The molecule has 0 bridgehead atoms. The lowest BCUT2D eigenvalue weighted by Gasteiger charge is -2.59. The summed E-state index contributed by atoms with van der Waals surface area (Å²) in [6, 6.07) is 5.30. The Morgan fingerprint density at radius 2 is 1.83 bits per heavy atom. The predicted molar refractivity (Wildman–Crippen MR) is 120 cm³/mol. The monoisotopic (exact) mass is 506 g/mol. The van der Waals surface area contributed by atoms with E-state index in [1.165, 1.54) is 4.90 Å². The van der Waals surface area contributed by atoms with Gasteiger partial charge < -0.3 is 14.3 Å². The fraction of sp³-hybridized carbons (Fsp3) is 0.545. The van der Waals surface area contributed by atoms with E-state index in [4.69, 9.17) is 16.1 Å². The van der Waals surface area contributed by atoms with Crippen molar-refractivity contribution in [3.05, 3.63) is 40.5 Å². The lowest BCUT2D eigenvalue weighted by Crippen LogP contribution is -2.73. The number of hydrogen-bond donors (Lipinski definition) is 0. The van der Waals surface area contributed by atoms with Gasteiger partial charge in [-0.05, 0) is 41.8 Å². The predicted octanol–water partition coefficient (Wildman–Crippen LogP) is 3.39. The molecule has 1 aliphatic carbocycles. The summed E-state index contributed by atoms with van der Waals surface area (Å²) >= 11 is 6.19. The first-order valence-corrected chi connectivity index (χ1v) is 12.0. The molecule has 9 nitrogen and oxygen atoms in total. The van der Waals surface area contributed by atoms with E-state index in [-0.39, 0.29) is 18.5 Å². The van der Waals surface area contributed by atoms with Gasteiger partial charge in [0.15, 0.2) is 5.82 Å². The first-order valence-electron chi connectivity index (χ1n) is 11.6. The number of halogens is 4. The van der Waals surface area contributed by atoms with Crippen LogP contribution in [0.2, 0.25) is 5.02 Å². The fourth-order valence-corrected chi connectivity index (χ4v) is 5.68. The van der Waals surface area contributed by atoms with Crippen LogP contribution >= 0.6 is 11.6 Å². The molecule has 0 unspecified atom stereocenters. The van der Waals surface area contributed by atoms with Crippen LogP contribution in [0.25, 0.3) is 5.69 Å². The molecular formula is C22H22ClF3N8O. The highest BCUT2D eigenvalue weighted by Gasteiger charge is 2.54. The molecule has 3 aromatic rings. The van der Waals surface area contributed by atoms with Gasteiger partial charge in [0.1, 0.15) is 0 Å². The molecule has 0 N–H and O–H groups in total. The highest BCUT2D eigenvalue weighted by molar-refractivity contribution is 6.30. The van der Waals surface area contributed by atoms with Crippen molar-refractivity contribution in [3.63, 3.8) is 0 Å². The largest absolute Gasteiger partial charge is 0.401 e. The first-order chi connectivity index (χ1) is 16.8. The molecule has 4 aliphatic rings. The standard InChI is InChI=1S/C22H22ClF3N8O/c23-15-3-4-16-14(5-15)6-31(12-22(24,25)26)7-17-28-29-20(34(16)17)33-10-21(11-33)8-32(9-21)19-27-18(35-30-19)13-1-2-13/h3-5,13H,1-2,6-12H2. The maximum Gasteiger partial charge on any atom is 0.401 e. The summed E-state index contributed by atoms with van der Waals surface area (Å²) in [6.07, 6.45) is -2.08. The molecule has 13 heteroatoms. The van der Waals surface area contributed by atoms with E-state index in [1.807, 2.05) is 10.6 Å². The minimum atomic E-state index is -4.31. The van der Waals surface area contributed by atoms with E-state index in [0.717, 1.165) is 56.2 Å². The fourth-order valence-electron chi connectivity index (χ4n) is 5.48. The normalized spacial score (nSPS) is 21.4. The molecule has 1 saturated carbocycles. The number of aromatic nitrogens is 5. The Bertz CT molecular complexity index is 1290. The van der Waals surface area contributed by atoms with Crippen molar-refractivity contribution >= 4 is 23.5 Å².